The molecule has 1 atom stereocenters. The molecule has 2 N–H and O–H groups in total. The zero-order valence-electron chi connectivity index (χ0n) is 30.0. The Kier molecular flexibility index (Phi) is 20.2. The van der Waals surface area contributed by atoms with Gasteiger partial charge in [-0.25, -0.2) is 0 Å². The summed E-state index contributed by atoms with van der Waals surface area (Å²) in [7, 11) is 0. The quantitative estimate of drug-likeness (QED) is 0.0590. The first-order valence-corrected chi connectivity index (χ1v) is 20.0. The Morgan fingerprint density at radius 3 is 2.04 bits per heavy atom. The van der Waals surface area contributed by atoms with E-state index in [4.69, 9.17) is 4.74 Å². The van der Waals surface area contributed by atoms with Crippen molar-refractivity contribution in [3.63, 3.8) is 0 Å². The van der Waals surface area contributed by atoms with Crippen LogP contribution in [0.25, 0.3) is 0 Å². The average Bonchev–Trinajstić information content (AvgIpc) is 3.60. The molecule has 0 bridgehead atoms. The van der Waals surface area contributed by atoms with Gasteiger partial charge in [-0.15, -0.1) is 11.3 Å². The second-order valence-electron chi connectivity index (χ2n) is 13.4. The molecule has 1 unspecified atom stereocenters. The smallest absolute Gasteiger partial charge is 0.312 e. The van der Waals surface area contributed by atoms with E-state index in [1.165, 1.54) is 67.4 Å². The van der Waals surface area contributed by atoms with Crippen molar-refractivity contribution in [2.45, 2.75) is 148 Å². The zero-order valence-corrected chi connectivity index (χ0v) is 30.8. The molecular weight excluding hydrogens is 619 g/mol. The fraction of sp³-hybridized carbons (Fsp3) is 0.675. The van der Waals surface area contributed by atoms with Gasteiger partial charge in [0.05, 0.1) is 6.42 Å². The Balaban J connectivity index is 1.20. The number of hydrogen-bond donors (Lipinski definition) is 2. The maximum absolute atomic E-state index is 12.7. The summed E-state index contributed by atoms with van der Waals surface area (Å²) >= 11 is 1.84. The number of carbonyl (C=O) groups excluding carboxylic acids is 3. The summed E-state index contributed by atoms with van der Waals surface area (Å²) in [6.07, 6.45) is 20.8. The van der Waals surface area contributed by atoms with Crippen LogP contribution in [0.15, 0.2) is 35.7 Å². The summed E-state index contributed by atoms with van der Waals surface area (Å²) in [6.45, 7) is 7.45. The molecule has 48 heavy (non-hydrogen) atoms. The highest BCUT2D eigenvalue weighted by Gasteiger charge is 2.26. The van der Waals surface area contributed by atoms with Crippen molar-refractivity contribution >= 4 is 29.1 Å². The Morgan fingerprint density at radius 2 is 1.44 bits per heavy atom. The number of rotatable bonds is 26. The number of benzene rings is 1. The van der Waals surface area contributed by atoms with Crippen molar-refractivity contribution < 1.29 is 19.1 Å². The van der Waals surface area contributed by atoms with Crippen LogP contribution in [0.3, 0.4) is 0 Å². The lowest BCUT2D eigenvalue weighted by atomic mass is 9.86. The van der Waals surface area contributed by atoms with Crippen LogP contribution in [0, 0.1) is 0 Å². The molecule has 268 valence electrons. The van der Waals surface area contributed by atoms with E-state index in [2.05, 4.69) is 46.0 Å². The lowest BCUT2D eigenvalue weighted by Crippen LogP contribution is -2.41. The lowest BCUT2D eigenvalue weighted by molar-refractivity contribution is -0.134. The molecule has 3 rings (SSSR count). The minimum atomic E-state index is -0.286. The molecule has 1 heterocycles. The predicted octanol–water partition coefficient (Wildman–Crippen LogP) is 8.57. The van der Waals surface area contributed by atoms with E-state index >= 15 is 0 Å². The topological polar surface area (TPSA) is 87.7 Å². The van der Waals surface area contributed by atoms with Gasteiger partial charge in [-0.2, -0.15) is 0 Å². The van der Waals surface area contributed by atoms with Gasteiger partial charge in [-0.3, -0.25) is 19.3 Å². The highest BCUT2D eigenvalue weighted by Crippen LogP contribution is 2.32. The summed E-state index contributed by atoms with van der Waals surface area (Å²) in [4.78, 5) is 40.5. The van der Waals surface area contributed by atoms with E-state index in [0.717, 1.165) is 77.4 Å². The number of hydrogen-bond acceptors (Lipinski definition) is 6. The first-order valence-electron chi connectivity index (χ1n) is 19.1. The van der Waals surface area contributed by atoms with Gasteiger partial charge in [-0.1, -0.05) is 89.3 Å². The SMILES string of the molecule is CCCN(CCc1cccs1)C1CCc2c(cccc2OC(=O)CCNC(=O)CCCCCCCCCCCCCCC(=O)NCC)C1. The third-order valence-corrected chi connectivity index (χ3v) is 10.4. The molecule has 7 nitrogen and oxygen atoms in total. The molecule has 2 aromatic rings. The van der Waals surface area contributed by atoms with E-state index in [9.17, 15) is 14.4 Å². The predicted molar refractivity (Wildman–Crippen MR) is 199 cm³/mol. The van der Waals surface area contributed by atoms with Gasteiger partial charge in [0.1, 0.15) is 5.75 Å². The van der Waals surface area contributed by atoms with E-state index < -0.39 is 0 Å². The highest BCUT2D eigenvalue weighted by atomic mass is 32.1. The normalized spacial score (nSPS) is 14.1. The van der Waals surface area contributed by atoms with Crippen LogP contribution in [0.1, 0.15) is 139 Å². The van der Waals surface area contributed by atoms with Crippen molar-refractivity contribution in [3.05, 3.63) is 51.7 Å². The fourth-order valence-electron chi connectivity index (χ4n) is 6.82. The molecule has 1 aromatic heterocycles. The third-order valence-electron chi connectivity index (χ3n) is 9.47. The van der Waals surface area contributed by atoms with Crippen LogP contribution in [0.4, 0.5) is 0 Å². The van der Waals surface area contributed by atoms with Crippen molar-refractivity contribution in [3.8, 4) is 5.75 Å². The maximum atomic E-state index is 12.7. The summed E-state index contributed by atoms with van der Waals surface area (Å²) in [6, 6.07) is 11.0. The van der Waals surface area contributed by atoms with Crippen LogP contribution in [-0.2, 0) is 33.6 Å². The molecule has 1 aliphatic carbocycles. The number of amides is 2. The fourth-order valence-corrected chi connectivity index (χ4v) is 7.52. The minimum Gasteiger partial charge on any atom is -0.426 e. The number of carbonyl (C=O) groups is 3. The Labute approximate surface area is 295 Å². The van der Waals surface area contributed by atoms with E-state index in [1.54, 1.807) is 0 Å². The number of unbranched alkanes of at least 4 members (excludes halogenated alkanes) is 11. The van der Waals surface area contributed by atoms with E-state index in [-0.39, 0.29) is 24.2 Å². The third kappa shape index (κ3) is 16.1. The molecule has 0 spiro atoms. The van der Waals surface area contributed by atoms with Gasteiger partial charge >= 0.3 is 5.97 Å². The van der Waals surface area contributed by atoms with Crippen LogP contribution in [-0.4, -0.2) is 54.9 Å². The van der Waals surface area contributed by atoms with Gasteiger partial charge in [0, 0.05) is 43.4 Å². The van der Waals surface area contributed by atoms with Gasteiger partial charge < -0.3 is 15.4 Å². The number of thiophene rings is 1. The van der Waals surface area contributed by atoms with E-state index in [1.807, 2.05) is 30.4 Å². The van der Waals surface area contributed by atoms with Crippen molar-refractivity contribution in [2.75, 3.05) is 26.2 Å². The van der Waals surface area contributed by atoms with Crippen LogP contribution in [0.2, 0.25) is 0 Å². The van der Waals surface area contributed by atoms with Crippen LogP contribution < -0.4 is 15.4 Å². The molecule has 2 amide bonds. The number of fused-ring (bicyclic) bond motifs is 1. The molecule has 1 aliphatic rings. The summed E-state index contributed by atoms with van der Waals surface area (Å²) in [5.74, 6) is 0.604. The van der Waals surface area contributed by atoms with Crippen LogP contribution in [0.5, 0.6) is 5.75 Å². The molecule has 0 radical (unpaired) electrons. The van der Waals surface area contributed by atoms with Gasteiger partial charge in [0.15, 0.2) is 0 Å². The largest absolute Gasteiger partial charge is 0.426 e. The van der Waals surface area contributed by atoms with Crippen LogP contribution >= 0.6 is 11.3 Å². The van der Waals surface area contributed by atoms with Gasteiger partial charge in [0.2, 0.25) is 11.8 Å². The summed E-state index contributed by atoms with van der Waals surface area (Å²) in [5, 5.41) is 7.92. The first kappa shape index (κ1) is 39.7. The first-order chi connectivity index (χ1) is 23.5. The monoisotopic (exact) mass is 681 g/mol. The number of nitrogens with one attached hydrogen (secondary N) is 2. The molecular formula is C40H63N3O4S. The molecule has 0 saturated carbocycles. The molecule has 8 heteroatoms. The number of esters is 1. The van der Waals surface area contributed by atoms with Crippen molar-refractivity contribution in [1.82, 2.24) is 15.5 Å². The summed E-state index contributed by atoms with van der Waals surface area (Å²) < 4.78 is 5.82. The number of ether oxygens (including phenoxy) is 1. The Bertz CT molecular complexity index is 1190. The number of nitrogens with zero attached hydrogens (tertiary/aromatic N) is 1. The standard InChI is InChI=1S/C40H63N3O4S/c1-3-29-43(30-27-35-20-18-31-48-35)34-24-25-36-33(32-34)19-17-21-37(36)47-40(46)26-28-42-39(45)23-16-14-12-10-8-6-5-7-9-11-13-15-22-38(44)41-4-2/h17-21,31,34H,3-16,22-30,32H2,1-2H3,(H,41,44)(H,42,45). The lowest BCUT2D eigenvalue weighted by Gasteiger charge is -2.35. The van der Waals surface area contributed by atoms with Crippen molar-refractivity contribution in [1.29, 1.82) is 0 Å². The van der Waals surface area contributed by atoms with Gasteiger partial charge in [-0.05, 0) is 87.1 Å². The zero-order chi connectivity index (χ0) is 34.2. The molecule has 1 aromatic carbocycles. The van der Waals surface area contributed by atoms with Gasteiger partial charge in [0.25, 0.3) is 0 Å². The average molecular weight is 682 g/mol. The minimum absolute atomic E-state index is 0.0210. The highest BCUT2D eigenvalue weighted by molar-refractivity contribution is 7.09. The Hall–Kier alpha value is -2.71. The second kappa shape index (κ2) is 24.4. The summed E-state index contributed by atoms with van der Waals surface area (Å²) in [5.41, 5.74) is 2.46. The maximum Gasteiger partial charge on any atom is 0.312 e. The molecule has 0 fully saturated rings. The Morgan fingerprint density at radius 1 is 0.792 bits per heavy atom. The van der Waals surface area contributed by atoms with E-state index in [0.29, 0.717) is 31.2 Å². The second-order valence-corrected chi connectivity index (χ2v) is 14.5. The molecule has 0 saturated heterocycles. The van der Waals surface area contributed by atoms with Crippen molar-refractivity contribution in [2.24, 2.45) is 0 Å². The molecule has 0 aliphatic heterocycles.